The topological polar surface area (TPSA) is 52.3 Å². The number of carbonyl (C=O) groups excluding carboxylic acids is 1. The molecule has 1 fully saturated rings. The minimum absolute atomic E-state index is 0.180. The average molecular weight is 316 g/mol. The molecular weight excluding hydrogens is 298 g/mol. The van der Waals surface area contributed by atoms with Gasteiger partial charge in [0, 0.05) is 10.6 Å². The Morgan fingerprint density at radius 1 is 1.32 bits per heavy atom. The predicted molar refractivity (Wildman–Crippen MR) is 87.1 cm³/mol. The summed E-state index contributed by atoms with van der Waals surface area (Å²) in [6, 6.07) is 15.5. The molecule has 2 aromatic carbocycles. The van der Waals surface area contributed by atoms with Crippen molar-refractivity contribution in [3.8, 4) is 5.75 Å². The molecule has 0 saturated heterocycles. The van der Waals surface area contributed by atoms with Crippen molar-refractivity contribution >= 4 is 17.5 Å². The van der Waals surface area contributed by atoms with Crippen molar-refractivity contribution in [2.75, 3.05) is 7.11 Å². The van der Waals surface area contributed by atoms with Crippen LogP contribution in [-0.4, -0.2) is 13.0 Å². The molecule has 1 saturated carbocycles. The first-order chi connectivity index (χ1) is 10.6. The molecule has 4 heteroatoms. The monoisotopic (exact) mass is 315 g/mol. The summed E-state index contributed by atoms with van der Waals surface area (Å²) in [4.78, 5) is 12.2. The third-order valence-electron chi connectivity index (χ3n) is 4.51. The minimum Gasteiger partial charge on any atom is -0.496 e. The summed E-state index contributed by atoms with van der Waals surface area (Å²) in [6.45, 7) is 0. The van der Waals surface area contributed by atoms with E-state index in [0.717, 1.165) is 18.4 Å². The second-order valence-corrected chi connectivity index (χ2v) is 6.21. The van der Waals surface area contributed by atoms with Crippen molar-refractivity contribution in [2.45, 2.75) is 18.3 Å². The first kappa shape index (κ1) is 14.9. The van der Waals surface area contributed by atoms with Crippen LogP contribution in [0.5, 0.6) is 5.75 Å². The van der Waals surface area contributed by atoms with Crippen LogP contribution in [0, 0.1) is 5.92 Å². The summed E-state index contributed by atoms with van der Waals surface area (Å²) < 4.78 is 5.41. The summed E-state index contributed by atoms with van der Waals surface area (Å²) in [7, 11) is 1.59. The van der Waals surface area contributed by atoms with Crippen LogP contribution in [0.3, 0.4) is 0 Å². The maximum atomic E-state index is 12.2. The number of primary amides is 1. The van der Waals surface area contributed by atoms with Crippen LogP contribution in [0.4, 0.5) is 0 Å². The van der Waals surface area contributed by atoms with Gasteiger partial charge in [0.15, 0.2) is 0 Å². The molecule has 3 nitrogen and oxygen atoms in total. The number of ether oxygens (including phenoxy) is 1. The largest absolute Gasteiger partial charge is 0.496 e. The number of methoxy groups -OCH3 is 1. The van der Waals surface area contributed by atoms with Gasteiger partial charge in [0.25, 0.3) is 0 Å². The number of benzene rings is 2. The molecule has 0 aliphatic heterocycles. The summed E-state index contributed by atoms with van der Waals surface area (Å²) in [5.41, 5.74) is 7.08. The van der Waals surface area contributed by atoms with Gasteiger partial charge >= 0.3 is 0 Å². The van der Waals surface area contributed by atoms with E-state index in [1.54, 1.807) is 25.3 Å². The number of hydrogen-bond donors (Lipinski definition) is 1. The Balaban J connectivity index is 1.95. The zero-order valence-electron chi connectivity index (χ0n) is 12.4. The highest BCUT2D eigenvalue weighted by atomic mass is 35.5. The van der Waals surface area contributed by atoms with E-state index in [0.29, 0.717) is 10.8 Å². The van der Waals surface area contributed by atoms with Crippen molar-refractivity contribution < 1.29 is 9.53 Å². The molecule has 3 rings (SSSR count). The number of halogens is 1. The molecule has 0 aromatic heterocycles. The van der Waals surface area contributed by atoms with Crippen LogP contribution >= 0.6 is 11.6 Å². The van der Waals surface area contributed by atoms with Gasteiger partial charge in [-0.15, -0.1) is 0 Å². The van der Waals surface area contributed by atoms with Crippen LogP contribution in [0.15, 0.2) is 48.5 Å². The Kier molecular flexibility index (Phi) is 3.83. The van der Waals surface area contributed by atoms with E-state index >= 15 is 0 Å². The molecule has 2 atom stereocenters. The second-order valence-electron chi connectivity index (χ2n) is 5.77. The summed E-state index contributed by atoms with van der Waals surface area (Å²) in [6.07, 6.45) is 1.55. The molecule has 2 unspecified atom stereocenters. The van der Waals surface area contributed by atoms with E-state index in [9.17, 15) is 4.79 Å². The van der Waals surface area contributed by atoms with Crippen molar-refractivity contribution in [3.05, 3.63) is 64.7 Å². The molecule has 22 heavy (non-hydrogen) atoms. The number of hydrogen-bond acceptors (Lipinski definition) is 2. The van der Waals surface area contributed by atoms with Gasteiger partial charge in [0.05, 0.1) is 12.5 Å². The highest BCUT2D eigenvalue weighted by Crippen LogP contribution is 2.58. The van der Waals surface area contributed by atoms with E-state index < -0.39 is 5.41 Å². The van der Waals surface area contributed by atoms with E-state index in [1.807, 2.05) is 18.2 Å². The number of carbonyl (C=O) groups is 1. The Bertz CT molecular complexity index is 701. The molecule has 0 heterocycles. The summed E-state index contributed by atoms with van der Waals surface area (Å²) in [5, 5.41) is 0.585. The molecule has 0 radical (unpaired) electrons. The number of rotatable bonds is 5. The molecule has 114 valence electrons. The standard InChI is InChI=1S/C18H18ClNO2/c1-22-16-8-7-14(19)10-15(16)18(17(20)21)11-13(18)9-12-5-3-2-4-6-12/h2-8,10,13H,9,11H2,1H3,(H2,20,21). The van der Waals surface area contributed by atoms with Gasteiger partial charge in [0.1, 0.15) is 5.75 Å². The van der Waals surface area contributed by atoms with Gasteiger partial charge in [-0.1, -0.05) is 41.9 Å². The van der Waals surface area contributed by atoms with Crippen LogP contribution in [0.25, 0.3) is 0 Å². The minimum atomic E-state index is -0.675. The molecule has 2 N–H and O–H groups in total. The maximum Gasteiger partial charge on any atom is 0.228 e. The molecule has 1 aliphatic carbocycles. The number of amides is 1. The van der Waals surface area contributed by atoms with Crippen molar-refractivity contribution in [1.29, 1.82) is 0 Å². The van der Waals surface area contributed by atoms with E-state index in [1.165, 1.54) is 5.56 Å². The van der Waals surface area contributed by atoms with Gasteiger partial charge in [-0.05, 0) is 42.5 Å². The Labute approximate surface area is 135 Å². The lowest BCUT2D eigenvalue weighted by Crippen LogP contribution is -2.31. The highest BCUT2D eigenvalue weighted by Gasteiger charge is 2.60. The fourth-order valence-corrected chi connectivity index (χ4v) is 3.44. The molecule has 0 spiro atoms. The normalized spacial score (nSPS) is 23.1. The smallest absolute Gasteiger partial charge is 0.228 e. The third-order valence-corrected chi connectivity index (χ3v) is 4.75. The lowest BCUT2D eigenvalue weighted by Gasteiger charge is -2.18. The lowest BCUT2D eigenvalue weighted by atomic mass is 9.89. The fourth-order valence-electron chi connectivity index (χ4n) is 3.27. The maximum absolute atomic E-state index is 12.2. The van der Waals surface area contributed by atoms with Gasteiger partial charge in [-0.3, -0.25) is 4.79 Å². The second kappa shape index (κ2) is 5.65. The average Bonchev–Trinajstić information content (AvgIpc) is 3.23. The van der Waals surface area contributed by atoms with Gasteiger partial charge in [-0.2, -0.15) is 0 Å². The molecular formula is C18H18ClNO2. The molecule has 2 aromatic rings. The van der Waals surface area contributed by atoms with Gasteiger partial charge in [0.2, 0.25) is 5.91 Å². The van der Waals surface area contributed by atoms with Crippen molar-refractivity contribution in [1.82, 2.24) is 0 Å². The third kappa shape index (κ3) is 2.46. The van der Waals surface area contributed by atoms with Crippen LogP contribution in [0.1, 0.15) is 17.5 Å². The lowest BCUT2D eigenvalue weighted by molar-refractivity contribution is -0.120. The zero-order chi connectivity index (χ0) is 15.7. The SMILES string of the molecule is COc1ccc(Cl)cc1C1(C(N)=O)CC1Cc1ccccc1. The van der Waals surface area contributed by atoms with Crippen LogP contribution in [0.2, 0.25) is 5.02 Å². The Hall–Kier alpha value is -2.00. The van der Waals surface area contributed by atoms with E-state index in [4.69, 9.17) is 22.1 Å². The number of nitrogens with two attached hydrogens (primary N) is 1. The Morgan fingerprint density at radius 2 is 2.05 bits per heavy atom. The van der Waals surface area contributed by atoms with E-state index in [2.05, 4.69) is 12.1 Å². The first-order valence-electron chi connectivity index (χ1n) is 7.26. The van der Waals surface area contributed by atoms with Crippen LogP contribution in [-0.2, 0) is 16.6 Å². The highest BCUT2D eigenvalue weighted by molar-refractivity contribution is 6.30. The summed E-state index contributed by atoms with van der Waals surface area (Å²) in [5.74, 6) is 0.535. The van der Waals surface area contributed by atoms with Crippen molar-refractivity contribution in [3.63, 3.8) is 0 Å². The predicted octanol–water partition coefficient (Wildman–Crippen LogP) is 3.33. The van der Waals surface area contributed by atoms with Crippen LogP contribution < -0.4 is 10.5 Å². The molecule has 1 aliphatic rings. The first-order valence-corrected chi connectivity index (χ1v) is 7.63. The molecule has 1 amide bonds. The van der Waals surface area contributed by atoms with Gasteiger partial charge in [-0.25, -0.2) is 0 Å². The zero-order valence-corrected chi connectivity index (χ0v) is 13.1. The van der Waals surface area contributed by atoms with Crippen molar-refractivity contribution in [2.24, 2.45) is 11.7 Å². The summed E-state index contributed by atoms with van der Waals surface area (Å²) >= 11 is 6.11. The quantitative estimate of drug-likeness (QED) is 0.920. The Morgan fingerprint density at radius 3 is 2.68 bits per heavy atom. The molecule has 0 bridgehead atoms. The van der Waals surface area contributed by atoms with Gasteiger partial charge < -0.3 is 10.5 Å². The fraction of sp³-hybridized carbons (Fsp3) is 0.278. The van der Waals surface area contributed by atoms with E-state index in [-0.39, 0.29) is 11.8 Å².